The molecule has 0 aromatic heterocycles. The highest BCUT2D eigenvalue weighted by atomic mass is 35.5. The van der Waals surface area contributed by atoms with E-state index in [1.165, 1.54) is 19.2 Å². The van der Waals surface area contributed by atoms with Gasteiger partial charge in [-0.1, -0.05) is 23.7 Å². The van der Waals surface area contributed by atoms with Gasteiger partial charge in [-0.2, -0.15) is 0 Å². The van der Waals surface area contributed by atoms with Crippen LogP contribution in [0.5, 0.6) is 0 Å². The molecule has 0 saturated heterocycles. The molecule has 0 aliphatic heterocycles. The van der Waals surface area contributed by atoms with E-state index in [1.807, 2.05) is 0 Å². The second-order valence-corrected chi connectivity index (χ2v) is 4.52. The van der Waals surface area contributed by atoms with Crippen molar-refractivity contribution in [3.63, 3.8) is 0 Å². The fourth-order valence-corrected chi connectivity index (χ4v) is 1.96. The minimum Gasteiger partial charge on any atom is -0.465 e. The third-order valence-corrected chi connectivity index (χ3v) is 2.99. The molecule has 0 bridgehead atoms. The van der Waals surface area contributed by atoms with Gasteiger partial charge in [0.05, 0.1) is 23.3 Å². The predicted octanol–water partition coefficient (Wildman–Crippen LogP) is 3.78. The number of nitrogens with zero attached hydrogens (tertiary/aromatic N) is 1. The molecule has 1 N–H and O–H groups in total. The van der Waals surface area contributed by atoms with Crippen LogP contribution in [0.3, 0.4) is 0 Å². The molecular weight excluding hydrogens is 296 g/mol. The Balaban J connectivity index is 2.45. The lowest BCUT2D eigenvalue weighted by Gasteiger charge is -2.11. The van der Waals surface area contributed by atoms with E-state index in [1.54, 1.807) is 30.3 Å². The van der Waals surface area contributed by atoms with E-state index >= 15 is 0 Å². The van der Waals surface area contributed by atoms with E-state index in [9.17, 15) is 14.9 Å². The SMILES string of the molecule is COC(=O)c1cc(Cl)ccc1Nc1ccccc1[N+](=O)[O-]. The Hall–Kier alpha value is -2.60. The zero-order valence-corrected chi connectivity index (χ0v) is 11.8. The first-order chi connectivity index (χ1) is 10.0. The molecule has 2 rings (SSSR count). The summed E-state index contributed by atoms with van der Waals surface area (Å²) in [6.07, 6.45) is 0. The average molecular weight is 307 g/mol. The summed E-state index contributed by atoms with van der Waals surface area (Å²) in [6.45, 7) is 0. The summed E-state index contributed by atoms with van der Waals surface area (Å²) in [5.41, 5.74) is 0.752. The van der Waals surface area contributed by atoms with Crippen molar-refractivity contribution >= 4 is 34.6 Å². The average Bonchev–Trinajstić information content (AvgIpc) is 2.48. The Bertz CT molecular complexity index is 703. The zero-order chi connectivity index (χ0) is 15.4. The standard InChI is InChI=1S/C14H11ClN2O4/c1-21-14(18)10-8-9(15)6-7-11(10)16-12-4-2-3-5-13(12)17(19)20/h2-8,16H,1H3. The Morgan fingerprint density at radius 2 is 1.95 bits per heavy atom. The number of carbonyl (C=O) groups is 1. The summed E-state index contributed by atoms with van der Waals surface area (Å²) in [6, 6.07) is 10.7. The van der Waals surface area contributed by atoms with Crippen LogP contribution in [-0.2, 0) is 4.74 Å². The van der Waals surface area contributed by atoms with Crippen LogP contribution in [0.2, 0.25) is 5.02 Å². The van der Waals surface area contributed by atoms with Crippen molar-refractivity contribution in [3.8, 4) is 0 Å². The summed E-state index contributed by atoms with van der Waals surface area (Å²) in [5.74, 6) is -0.585. The van der Waals surface area contributed by atoms with Gasteiger partial charge in [0.15, 0.2) is 0 Å². The topological polar surface area (TPSA) is 81.5 Å². The maximum Gasteiger partial charge on any atom is 0.340 e. The fraction of sp³-hybridized carbons (Fsp3) is 0.0714. The number of methoxy groups -OCH3 is 1. The summed E-state index contributed by atoms with van der Waals surface area (Å²) < 4.78 is 4.68. The second kappa shape index (κ2) is 6.23. The van der Waals surface area contributed by atoms with Gasteiger partial charge in [-0.3, -0.25) is 10.1 Å². The van der Waals surface area contributed by atoms with Gasteiger partial charge in [0.1, 0.15) is 5.69 Å². The maximum absolute atomic E-state index is 11.7. The van der Waals surface area contributed by atoms with E-state index in [0.717, 1.165) is 0 Å². The molecule has 108 valence electrons. The molecule has 0 heterocycles. The summed E-state index contributed by atoms with van der Waals surface area (Å²) in [5, 5.41) is 14.2. The molecule has 0 aliphatic rings. The van der Waals surface area contributed by atoms with Crippen molar-refractivity contribution in [2.75, 3.05) is 12.4 Å². The molecule has 0 saturated carbocycles. The number of benzene rings is 2. The molecule has 6 nitrogen and oxygen atoms in total. The first-order valence-electron chi connectivity index (χ1n) is 5.91. The number of rotatable bonds is 4. The van der Waals surface area contributed by atoms with E-state index in [4.69, 9.17) is 11.6 Å². The number of hydrogen-bond donors (Lipinski definition) is 1. The molecule has 0 aliphatic carbocycles. The minimum absolute atomic E-state index is 0.0942. The minimum atomic E-state index is -0.585. The monoisotopic (exact) mass is 306 g/mol. The van der Waals surface area contributed by atoms with Gasteiger partial charge >= 0.3 is 5.97 Å². The lowest BCUT2D eigenvalue weighted by molar-refractivity contribution is -0.383. The smallest absolute Gasteiger partial charge is 0.340 e. The van der Waals surface area contributed by atoms with Crippen molar-refractivity contribution in [2.45, 2.75) is 0 Å². The summed E-state index contributed by atoms with van der Waals surface area (Å²) >= 11 is 5.86. The van der Waals surface area contributed by atoms with Crippen LogP contribution in [0.4, 0.5) is 17.1 Å². The second-order valence-electron chi connectivity index (χ2n) is 4.08. The molecule has 0 atom stereocenters. The van der Waals surface area contributed by atoms with E-state index in [2.05, 4.69) is 10.1 Å². The van der Waals surface area contributed by atoms with Crippen LogP contribution in [-0.4, -0.2) is 18.0 Å². The van der Waals surface area contributed by atoms with Gasteiger partial charge in [0.25, 0.3) is 5.69 Å². The number of nitro benzene ring substituents is 1. The van der Waals surface area contributed by atoms with E-state index in [0.29, 0.717) is 10.7 Å². The van der Waals surface area contributed by atoms with Crippen LogP contribution < -0.4 is 5.32 Å². The molecule has 0 radical (unpaired) electrons. The number of esters is 1. The van der Waals surface area contributed by atoms with Crippen molar-refractivity contribution in [3.05, 3.63) is 63.2 Å². The molecule has 0 amide bonds. The fourth-order valence-electron chi connectivity index (χ4n) is 1.79. The molecule has 21 heavy (non-hydrogen) atoms. The molecule has 2 aromatic carbocycles. The Kier molecular flexibility index (Phi) is 4.39. The van der Waals surface area contributed by atoms with Gasteiger partial charge in [0, 0.05) is 11.1 Å². The van der Waals surface area contributed by atoms with E-state index < -0.39 is 10.9 Å². The van der Waals surface area contributed by atoms with Crippen LogP contribution in [0, 0.1) is 10.1 Å². The quantitative estimate of drug-likeness (QED) is 0.528. The molecule has 7 heteroatoms. The molecule has 2 aromatic rings. The summed E-state index contributed by atoms with van der Waals surface area (Å²) in [4.78, 5) is 22.2. The normalized spacial score (nSPS) is 10.0. The molecule has 0 fully saturated rings. The highest BCUT2D eigenvalue weighted by molar-refractivity contribution is 6.31. The predicted molar refractivity (Wildman–Crippen MR) is 79.2 cm³/mol. The van der Waals surface area contributed by atoms with Gasteiger partial charge in [-0.25, -0.2) is 4.79 Å². The Morgan fingerprint density at radius 3 is 2.62 bits per heavy atom. The van der Waals surface area contributed by atoms with Gasteiger partial charge in [-0.15, -0.1) is 0 Å². The van der Waals surface area contributed by atoms with Gasteiger partial charge in [0.2, 0.25) is 0 Å². The van der Waals surface area contributed by atoms with Crippen molar-refractivity contribution < 1.29 is 14.5 Å². The molecular formula is C14H11ClN2O4. The number of anilines is 2. The van der Waals surface area contributed by atoms with Crippen LogP contribution >= 0.6 is 11.6 Å². The Morgan fingerprint density at radius 1 is 1.24 bits per heavy atom. The first-order valence-corrected chi connectivity index (χ1v) is 6.29. The zero-order valence-electron chi connectivity index (χ0n) is 11.0. The lowest BCUT2D eigenvalue weighted by atomic mass is 10.1. The van der Waals surface area contributed by atoms with Crippen LogP contribution in [0.15, 0.2) is 42.5 Å². The number of nitro groups is 1. The largest absolute Gasteiger partial charge is 0.465 e. The number of ether oxygens (including phenoxy) is 1. The third kappa shape index (κ3) is 3.29. The lowest BCUT2D eigenvalue weighted by Crippen LogP contribution is -2.06. The number of hydrogen-bond acceptors (Lipinski definition) is 5. The van der Waals surface area contributed by atoms with Gasteiger partial charge in [-0.05, 0) is 24.3 Å². The number of carbonyl (C=O) groups excluding carboxylic acids is 1. The van der Waals surface area contributed by atoms with Crippen molar-refractivity contribution in [1.29, 1.82) is 0 Å². The summed E-state index contributed by atoms with van der Waals surface area (Å²) in [7, 11) is 1.25. The van der Waals surface area contributed by atoms with Crippen molar-refractivity contribution in [2.24, 2.45) is 0 Å². The molecule has 0 unspecified atom stereocenters. The molecule has 0 spiro atoms. The third-order valence-electron chi connectivity index (χ3n) is 2.76. The number of halogens is 1. The number of para-hydroxylation sites is 2. The highest BCUT2D eigenvalue weighted by Gasteiger charge is 2.17. The van der Waals surface area contributed by atoms with Crippen LogP contribution in [0.25, 0.3) is 0 Å². The highest BCUT2D eigenvalue weighted by Crippen LogP contribution is 2.30. The first kappa shape index (κ1) is 14.8. The van der Waals surface area contributed by atoms with Gasteiger partial charge < -0.3 is 10.1 Å². The Labute approximate surface area is 125 Å². The maximum atomic E-state index is 11.7. The van der Waals surface area contributed by atoms with Crippen LogP contribution in [0.1, 0.15) is 10.4 Å². The van der Waals surface area contributed by atoms with E-state index in [-0.39, 0.29) is 16.9 Å². The van der Waals surface area contributed by atoms with Crippen molar-refractivity contribution in [1.82, 2.24) is 0 Å². The number of nitrogens with one attached hydrogen (secondary N) is 1.